The second-order valence-corrected chi connectivity index (χ2v) is 4.61. The number of aromatic nitrogens is 1. The van der Waals surface area contributed by atoms with E-state index < -0.39 is 0 Å². The number of pyridine rings is 1. The zero-order chi connectivity index (χ0) is 12.9. The Balaban J connectivity index is 0.00000147. The summed E-state index contributed by atoms with van der Waals surface area (Å²) in [5.74, 6) is 0. The van der Waals surface area contributed by atoms with Gasteiger partial charge in [-0.05, 0) is 11.1 Å². The van der Waals surface area contributed by atoms with E-state index in [1.54, 1.807) is 0 Å². The van der Waals surface area contributed by atoms with Gasteiger partial charge in [0, 0.05) is 17.7 Å². The van der Waals surface area contributed by atoms with Crippen LogP contribution in [0.4, 0.5) is 0 Å². The van der Waals surface area contributed by atoms with Crippen LogP contribution in [0.15, 0.2) is 85.2 Å². The lowest BCUT2D eigenvalue weighted by Gasteiger charge is -2.01. The first-order valence-corrected chi connectivity index (χ1v) is 6.50. The zero-order valence-electron chi connectivity index (χ0n) is 11.1. The monoisotopic (exact) mass is 325 g/mol. The largest absolute Gasteiger partial charge is 1.00 e. The molecule has 1 nitrogen and oxygen atoms in total. The minimum atomic E-state index is 0. The second kappa shape index (κ2) is 7.01. The first-order chi connectivity index (χ1) is 9.42. The summed E-state index contributed by atoms with van der Waals surface area (Å²) in [6.07, 6.45) is 4.27. The molecule has 1 aromatic heterocycles. The molecule has 0 N–H and O–H groups in total. The van der Waals surface area contributed by atoms with Crippen LogP contribution in [0.2, 0.25) is 0 Å². The second-order valence-electron chi connectivity index (χ2n) is 4.61. The van der Waals surface area contributed by atoms with Crippen molar-refractivity contribution in [3.8, 4) is 11.1 Å². The van der Waals surface area contributed by atoms with Crippen LogP contribution < -0.4 is 21.5 Å². The van der Waals surface area contributed by atoms with Crippen LogP contribution >= 0.6 is 0 Å². The summed E-state index contributed by atoms with van der Waals surface area (Å²) in [5, 5.41) is 0. The molecule has 0 radical (unpaired) electrons. The number of benzene rings is 2. The number of hydrogen-bond donors (Lipinski definition) is 0. The van der Waals surface area contributed by atoms with Crippen molar-refractivity contribution in [2.75, 3.05) is 0 Å². The summed E-state index contributed by atoms with van der Waals surface area (Å²) >= 11 is 0. The SMILES string of the molecule is [Br-].c1ccc(C[n+]2ccc(-c3ccccc3)cc2)cc1. The van der Waals surface area contributed by atoms with Crippen LogP contribution in [-0.2, 0) is 6.54 Å². The highest BCUT2D eigenvalue weighted by Gasteiger charge is 2.03. The van der Waals surface area contributed by atoms with E-state index in [4.69, 9.17) is 0 Å². The fraction of sp³-hybridized carbons (Fsp3) is 0.0556. The number of nitrogens with zero attached hydrogens (tertiary/aromatic N) is 1. The van der Waals surface area contributed by atoms with Gasteiger partial charge in [0.1, 0.15) is 0 Å². The Morgan fingerprint density at radius 1 is 0.600 bits per heavy atom. The Labute approximate surface area is 130 Å². The molecule has 20 heavy (non-hydrogen) atoms. The molecule has 2 aromatic carbocycles. The quantitative estimate of drug-likeness (QED) is 0.624. The average molecular weight is 326 g/mol. The van der Waals surface area contributed by atoms with E-state index in [2.05, 4.69) is 77.6 Å². The fourth-order valence-electron chi connectivity index (χ4n) is 2.18. The molecule has 0 amide bonds. The minimum Gasteiger partial charge on any atom is -1.00 e. The molecule has 0 bridgehead atoms. The Bertz CT molecular complexity index is 633. The summed E-state index contributed by atoms with van der Waals surface area (Å²) in [6.45, 7) is 0.913. The van der Waals surface area contributed by atoms with Gasteiger partial charge < -0.3 is 17.0 Å². The topological polar surface area (TPSA) is 3.88 Å². The first kappa shape index (κ1) is 14.5. The Hall–Kier alpha value is -1.93. The van der Waals surface area contributed by atoms with Crippen molar-refractivity contribution >= 4 is 0 Å². The summed E-state index contributed by atoms with van der Waals surface area (Å²) in [6, 6.07) is 25.3. The van der Waals surface area contributed by atoms with Crippen LogP contribution in [0.1, 0.15) is 5.56 Å². The maximum Gasteiger partial charge on any atom is 0.173 e. The molecule has 0 aliphatic carbocycles. The molecule has 0 fully saturated rings. The third kappa shape index (κ3) is 3.55. The molecule has 3 aromatic rings. The molecule has 0 saturated carbocycles. The number of hydrogen-bond acceptors (Lipinski definition) is 0. The van der Waals surface area contributed by atoms with E-state index in [0.29, 0.717) is 0 Å². The number of rotatable bonds is 3. The van der Waals surface area contributed by atoms with Gasteiger partial charge >= 0.3 is 0 Å². The molecule has 3 rings (SSSR count). The van der Waals surface area contributed by atoms with Gasteiger partial charge in [-0.25, -0.2) is 4.57 Å². The normalized spacial score (nSPS) is 9.80. The van der Waals surface area contributed by atoms with Gasteiger partial charge in [-0.1, -0.05) is 60.7 Å². The van der Waals surface area contributed by atoms with Crippen molar-refractivity contribution in [1.29, 1.82) is 0 Å². The minimum absolute atomic E-state index is 0. The lowest BCUT2D eigenvalue weighted by molar-refractivity contribution is -0.688. The molecule has 100 valence electrons. The lowest BCUT2D eigenvalue weighted by Crippen LogP contribution is -3.00. The maximum atomic E-state index is 2.20. The summed E-state index contributed by atoms with van der Waals surface area (Å²) in [4.78, 5) is 0. The van der Waals surface area contributed by atoms with E-state index in [1.165, 1.54) is 16.7 Å². The van der Waals surface area contributed by atoms with Crippen LogP contribution in [0.5, 0.6) is 0 Å². The highest BCUT2D eigenvalue weighted by Crippen LogP contribution is 2.16. The number of halogens is 1. The van der Waals surface area contributed by atoms with Gasteiger partial charge in [0.25, 0.3) is 0 Å². The van der Waals surface area contributed by atoms with E-state index in [0.717, 1.165) is 6.54 Å². The third-order valence-electron chi connectivity index (χ3n) is 3.21. The Morgan fingerprint density at radius 3 is 1.70 bits per heavy atom. The van der Waals surface area contributed by atoms with Crippen LogP contribution in [0.25, 0.3) is 11.1 Å². The van der Waals surface area contributed by atoms with Crippen LogP contribution in [0, 0.1) is 0 Å². The van der Waals surface area contributed by atoms with Crippen molar-refractivity contribution in [3.05, 3.63) is 90.8 Å². The summed E-state index contributed by atoms with van der Waals surface area (Å²) in [7, 11) is 0. The van der Waals surface area contributed by atoms with E-state index in [9.17, 15) is 0 Å². The predicted molar refractivity (Wildman–Crippen MR) is 77.6 cm³/mol. The summed E-state index contributed by atoms with van der Waals surface area (Å²) in [5.41, 5.74) is 3.83. The molecule has 0 aliphatic rings. The highest BCUT2D eigenvalue weighted by molar-refractivity contribution is 5.61. The zero-order valence-corrected chi connectivity index (χ0v) is 12.7. The van der Waals surface area contributed by atoms with Crippen molar-refractivity contribution in [2.24, 2.45) is 0 Å². The van der Waals surface area contributed by atoms with E-state index >= 15 is 0 Å². The third-order valence-corrected chi connectivity index (χ3v) is 3.21. The molecule has 0 unspecified atom stereocenters. The molecule has 1 heterocycles. The van der Waals surface area contributed by atoms with Crippen molar-refractivity contribution in [2.45, 2.75) is 6.54 Å². The average Bonchev–Trinajstić information content (AvgIpc) is 2.50. The Morgan fingerprint density at radius 2 is 1.10 bits per heavy atom. The molecule has 0 saturated heterocycles. The molecular formula is C18H16BrN. The van der Waals surface area contributed by atoms with Gasteiger partial charge in [0.05, 0.1) is 0 Å². The predicted octanol–water partition coefficient (Wildman–Crippen LogP) is 0.693. The van der Waals surface area contributed by atoms with E-state index in [-0.39, 0.29) is 17.0 Å². The summed E-state index contributed by atoms with van der Waals surface area (Å²) < 4.78 is 2.20. The van der Waals surface area contributed by atoms with Gasteiger partial charge in [-0.3, -0.25) is 0 Å². The molecular weight excluding hydrogens is 310 g/mol. The van der Waals surface area contributed by atoms with Gasteiger partial charge in [0.2, 0.25) is 0 Å². The molecule has 0 atom stereocenters. The lowest BCUT2D eigenvalue weighted by atomic mass is 10.1. The smallest absolute Gasteiger partial charge is 0.173 e. The van der Waals surface area contributed by atoms with Crippen LogP contribution in [-0.4, -0.2) is 0 Å². The van der Waals surface area contributed by atoms with Gasteiger partial charge in [-0.2, -0.15) is 0 Å². The van der Waals surface area contributed by atoms with Gasteiger partial charge in [-0.15, -0.1) is 0 Å². The maximum absolute atomic E-state index is 2.20. The van der Waals surface area contributed by atoms with E-state index in [1.807, 2.05) is 12.1 Å². The van der Waals surface area contributed by atoms with Crippen LogP contribution in [0.3, 0.4) is 0 Å². The molecule has 0 spiro atoms. The standard InChI is InChI=1S/C18H16N.BrH/c1-3-7-16(8-4-1)15-19-13-11-18(12-14-19)17-9-5-2-6-10-17;/h1-14H,15H2;1H/q+1;/p-1. The Kier molecular flexibility index (Phi) is 5.08. The van der Waals surface area contributed by atoms with Crippen molar-refractivity contribution in [1.82, 2.24) is 0 Å². The van der Waals surface area contributed by atoms with Gasteiger partial charge in [0.15, 0.2) is 18.9 Å². The van der Waals surface area contributed by atoms with Crippen molar-refractivity contribution in [3.63, 3.8) is 0 Å². The molecule has 2 heteroatoms. The van der Waals surface area contributed by atoms with Crippen molar-refractivity contribution < 1.29 is 21.5 Å². The fourth-order valence-corrected chi connectivity index (χ4v) is 2.18. The molecule has 0 aliphatic heterocycles. The highest BCUT2D eigenvalue weighted by atomic mass is 79.9. The first-order valence-electron chi connectivity index (χ1n) is 6.50.